The Kier molecular flexibility index (Phi) is 4.35. The summed E-state index contributed by atoms with van der Waals surface area (Å²) in [4.78, 5) is 14.1. The number of β-amino-alcohol motifs (C(OH)–C–C–N with tert-alkyl or cyclic N) is 1. The second-order valence-electron chi connectivity index (χ2n) is 6.97. The summed E-state index contributed by atoms with van der Waals surface area (Å²) in [6.45, 7) is 5.04. The van der Waals surface area contributed by atoms with Crippen LogP contribution in [-0.4, -0.2) is 60.6 Å². The zero-order valence-electron chi connectivity index (χ0n) is 13.7. The first-order valence-electron chi connectivity index (χ1n) is 8.94. The van der Waals surface area contributed by atoms with Crippen LogP contribution in [0.3, 0.4) is 0 Å². The predicted octanol–water partition coefficient (Wildman–Crippen LogP) is 1.54. The van der Waals surface area contributed by atoms with E-state index in [-0.39, 0.29) is 6.10 Å². The van der Waals surface area contributed by atoms with Gasteiger partial charge in [0.1, 0.15) is 5.82 Å². The molecule has 0 bridgehead atoms. The van der Waals surface area contributed by atoms with Crippen LogP contribution in [0.25, 0.3) is 0 Å². The smallest absolute Gasteiger partial charge is 0.227 e. The van der Waals surface area contributed by atoms with Gasteiger partial charge in [0.25, 0.3) is 0 Å². The van der Waals surface area contributed by atoms with Crippen molar-refractivity contribution in [2.45, 2.75) is 44.1 Å². The Bertz CT molecular complexity index is 533. The Hall–Kier alpha value is -1.40. The molecule has 1 aromatic heterocycles. The highest BCUT2D eigenvalue weighted by molar-refractivity contribution is 5.48. The molecule has 1 unspecified atom stereocenters. The van der Waals surface area contributed by atoms with Crippen LogP contribution in [0.4, 0.5) is 11.8 Å². The second-order valence-corrected chi connectivity index (χ2v) is 6.97. The number of aliphatic hydroxyl groups excluding tert-OH is 1. The second kappa shape index (κ2) is 6.61. The number of aromatic nitrogens is 2. The van der Waals surface area contributed by atoms with E-state index in [1.54, 1.807) is 0 Å². The molecule has 3 fully saturated rings. The number of anilines is 2. The number of rotatable bonds is 3. The SMILES string of the molecule is OC1CN(c2nc(C3CCOC3)cc(N3CCCCCC3)n2)C1. The van der Waals surface area contributed by atoms with Crippen molar-refractivity contribution >= 4 is 11.8 Å². The van der Waals surface area contributed by atoms with E-state index in [1.165, 1.54) is 25.7 Å². The topological polar surface area (TPSA) is 61.7 Å². The minimum atomic E-state index is -0.237. The third-order valence-corrected chi connectivity index (χ3v) is 5.14. The average molecular weight is 318 g/mol. The average Bonchev–Trinajstić information content (AvgIpc) is 2.94. The lowest BCUT2D eigenvalue weighted by Crippen LogP contribution is -2.51. The normalized spacial score (nSPS) is 26.2. The van der Waals surface area contributed by atoms with Crippen molar-refractivity contribution in [3.05, 3.63) is 11.8 Å². The van der Waals surface area contributed by atoms with Crippen LogP contribution in [0.1, 0.15) is 43.7 Å². The summed E-state index contributed by atoms with van der Waals surface area (Å²) in [7, 11) is 0. The van der Waals surface area contributed by atoms with Gasteiger partial charge in [0, 0.05) is 44.8 Å². The van der Waals surface area contributed by atoms with Gasteiger partial charge in [-0.15, -0.1) is 0 Å². The summed E-state index contributed by atoms with van der Waals surface area (Å²) < 4.78 is 5.55. The van der Waals surface area contributed by atoms with Gasteiger partial charge >= 0.3 is 0 Å². The van der Waals surface area contributed by atoms with Gasteiger partial charge in [-0.3, -0.25) is 0 Å². The number of aliphatic hydroxyl groups is 1. The number of hydrogen-bond donors (Lipinski definition) is 1. The van der Waals surface area contributed by atoms with E-state index in [0.29, 0.717) is 19.0 Å². The van der Waals surface area contributed by atoms with Crippen LogP contribution in [0, 0.1) is 0 Å². The molecule has 6 heteroatoms. The zero-order valence-corrected chi connectivity index (χ0v) is 13.7. The lowest BCUT2D eigenvalue weighted by Gasteiger charge is -2.36. The first kappa shape index (κ1) is 15.1. The number of ether oxygens (including phenoxy) is 1. The van der Waals surface area contributed by atoms with E-state index in [1.807, 2.05) is 0 Å². The Labute approximate surface area is 137 Å². The highest BCUT2D eigenvalue weighted by Gasteiger charge is 2.29. The predicted molar refractivity (Wildman–Crippen MR) is 89.1 cm³/mol. The van der Waals surface area contributed by atoms with Crippen molar-refractivity contribution in [3.8, 4) is 0 Å². The third-order valence-electron chi connectivity index (χ3n) is 5.14. The van der Waals surface area contributed by atoms with Crippen LogP contribution in [0.15, 0.2) is 6.07 Å². The lowest BCUT2D eigenvalue weighted by molar-refractivity contribution is 0.140. The molecule has 4 rings (SSSR count). The standard InChI is InChI=1S/C17H26N4O2/c22-14-10-21(11-14)17-18-15(13-5-8-23-12-13)9-16(19-17)20-6-3-1-2-4-7-20/h9,13-14,22H,1-8,10-12H2. The molecule has 0 saturated carbocycles. The van der Waals surface area contributed by atoms with Crippen LogP contribution >= 0.6 is 0 Å². The monoisotopic (exact) mass is 318 g/mol. The van der Waals surface area contributed by atoms with Gasteiger partial charge in [-0.2, -0.15) is 4.98 Å². The van der Waals surface area contributed by atoms with E-state index in [4.69, 9.17) is 14.7 Å². The Balaban J connectivity index is 1.63. The molecule has 0 aliphatic carbocycles. The Morgan fingerprint density at radius 3 is 2.48 bits per heavy atom. The van der Waals surface area contributed by atoms with Crippen molar-refractivity contribution in [1.82, 2.24) is 9.97 Å². The van der Waals surface area contributed by atoms with Crippen molar-refractivity contribution in [3.63, 3.8) is 0 Å². The van der Waals surface area contributed by atoms with E-state index >= 15 is 0 Å². The van der Waals surface area contributed by atoms with Crippen molar-refractivity contribution in [1.29, 1.82) is 0 Å². The number of hydrogen-bond acceptors (Lipinski definition) is 6. The Morgan fingerprint density at radius 2 is 1.83 bits per heavy atom. The van der Waals surface area contributed by atoms with Crippen molar-refractivity contribution in [2.75, 3.05) is 49.2 Å². The molecule has 4 heterocycles. The molecule has 6 nitrogen and oxygen atoms in total. The summed E-state index contributed by atoms with van der Waals surface area (Å²) in [5.41, 5.74) is 1.10. The minimum Gasteiger partial charge on any atom is -0.389 e. The van der Waals surface area contributed by atoms with Gasteiger partial charge in [0.15, 0.2) is 0 Å². The molecule has 0 amide bonds. The highest BCUT2D eigenvalue weighted by Crippen LogP contribution is 2.30. The molecule has 1 N–H and O–H groups in total. The van der Waals surface area contributed by atoms with Crippen LogP contribution in [0.2, 0.25) is 0 Å². The fourth-order valence-corrected chi connectivity index (χ4v) is 3.64. The van der Waals surface area contributed by atoms with Crippen molar-refractivity contribution < 1.29 is 9.84 Å². The third kappa shape index (κ3) is 3.28. The maximum atomic E-state index is 9.59. The molecule has 3 aliphatic heterocycles. The fraction of sp³-hybridized carbons (Fsp3) is 0.765. The van der Waals surface area contributed by atoms with E-state index in [0.717, 1.165) is 50.2 Å². The molecular weight excluding hydrogens is 292 g/mol. The quantitative estimate of drug-likeness (QED) is 0.912. The summed E-state index contributed by atoms with van der Waals surface area (Å²) in [6.07, 6.45) is 5.91. The molecule has 0 spiro atoms. The van der Waals surface area contributed by atoms with Crippen molar-refractivity contribution in [2.24, 2.45) is 0 Å². The minimum absolute atomic E-state index is 0.237. The maximum Gasteiger partial charge on any atom is 0.227 e. The van der Waals surface area contributed by atoms with Gasteiger partial charge < -0.3 is 19.6 Å². The molecule has 126 valence electrons. The highest BCUT2D eigenvalue weighted by atomic mass is 16.5. The molecule has 23 heavy (non-hydrogen) atoms. The molecule has 0 radical (unpaired) electrons. The van der Waals surface area contributed by atoms with E-state index in [9.17, 15) is 5.11 Å². The Morgan fingerprint density at radius 1 is 1.04 bits per heavy atom. The largest absolute Gasteiger partial charge is 0.389 e. The summed E-state index contributed by atoms with van der Waals surface area (Å²) in [6, 6.07) is 2.17. The van der Waals surface area contributed by atoms with Crippen LogP contribution in [-0.2, 0) is 4.74 Å². The molecule has 3 saturated heterocycles. The summed E-state index contributed by atoms with van der Waals surface area (Å²) >= 11 is 0. The van der Waals surface area contributed by atoms with Crippen LogP contribution < -0.4 is 9.80 Å². The van der Waals surface area contributed by atoms with Gasteiger partial charge in [-0.05, 0) is 19.3 Å². The van der Waals surface area contributed by atoms with E-state index < -0.39 is 0 Å². The molecule has 0 aromatic carbocycles. The lowest BCUT2D eigenvalue weighted by atomic mass is 10.0. The summed E-state index contributed by atoms with van der Waals surface area (Å²) in [5, 5.41) is 9.59. The molecule has 3 aliphatic rings. The fourth-order valence-electron chi connectivity index (χ4n) is 3.64. The molecular formula is C17H26N4O2. The molecule has 1 atom stereocenters. The number of nitrogens with zero attached hydrogens (tertiary/aromatic N) is 4. The maximum absolute atomic E-state index is 9.59. The van der Waals surface area contributed by atoms with Gasteiger partial charge in [0.2, 0.25) is 5.95 Å². The first-order chi connectivity index (χ1) is 11.3. The molecule has 1 aromatic rings. The van der Waals surface area contributed by atoms with Gasteiger partial charge in [-0.1, -0.05) is 12.8 Å². The summed E-state index contributed by atoms with van der Waals surface area (Å²) in [5.74, 6) is 2.22. The van der Waals surface area contributed by atoms with Gasteiger partial charge in [0.05, 0.1) is 18.4 Å². The van der Waals surface area contributed by atoms with E-state index in [2.05, 4.69) is 15.9 Å². The zero-order chi connectivity index (χ0) is 15.6. The van der Waals surface area contributed by atoms with Crippen LogP contribution in [0.5, 0.6) is 0 Å². The van der Waals surface area contributed by atoms with Gasteiger partial charge in [-0.25, -0.2) is 4.98 Å². The first-order valence-corrected chi connectivity index (χ1v) is 8.94.